The topological polar surface area (TPSA) is 67.8 Å². The SMILES string of the molecule is CN(C[C@H]1CCCN(C(=O)CCl)C1)c1ncc(B2OC(C)(C)C(C)(C)O2)cn1. The summed E-state index contributed by atoms with van der Waals surface area (Å²) >= 11 is 5.70. The molecule has 154 valence electrons. The largest absolute Gasteiger partial charge is 0.498 e. The van der Waals surface area contributed by atoms with Gasteiger partial charge in [0.2, 0.25) is 11.9 Å². The summed E-state index contributed by atoms with van der Waals surface area (Å²) in [4.78, 5) is 24.8. The van der Waals surface area contributed by atoms with E-state index in [4.69, 9.17) is 20.9 Å². The van der Waals surface area contributed by atoms with Crippen molar-refractivity contribution in [2.75, 3.05) is 37.5 Å². The second-order valence-electron chi connectivity index (χ2n) is 8.77. The fraction of sp³-hybridized carbons (Fsp3) is 0.737. The molecule has 2 saturated heterocycles. The quantitative estimate of drug-likeness (QED) is 0.545. The lowest BCUT2D eigenvalue weighted by Crippen LogP contribution is -2.44. The zero-order chi connectivity index (χ0) is 20.5. The number of amides is 1. The number of aromatic nitrogens is 2. The van der Waals surface area contributed by atoms with Crippen molar-refractivity contribution < 1.29 is 14.1 Å². The lowest BCUT2D eigenvalue weighted by molar-refractivity contribution is -0.130. The molecule has 0 bridgehead atoms. The van der Waals surface area contributed by atoms with Crippen molar-refractivity contribution in [3.05, 3.63) is 12.4 Å². The van der Waals surface area contributed by atoms with E-state index in [1.54, 1.807) is 12.4 Å². The number of anilines is 1. The smallest absolute Gasteiger partial charge is 0.399 e. The van der Waals surface area contributed by atoms with E-state index in [0.717, 1.165) is 37.9 Å². The zero-order valence-corrected chi connectivity index (χ0v) is 18.2. The molecule has 0 N–H and O–H groups in total. The number of alkyl halides is 1. The van der Waals surface area contributed by atoms with Gasteiger partial charge in [0.15, 0.2) is 0 Å². The Labute approximate surface area is 172 Å². The molecule has 0 radical (unpaired) electrons. The number of piperidine rings is 1. The summed E-state index contributed by atoms with van der Waals surface area (Å²) in [5.74, 6) is 1.10. The molecule has 0 unspecified atom stereocenters. The molecule has 9 heteroatoms. The van der Waals surface area contributed by atoms with E-state index in [1.165, 1.54) is 0 Å². The summed E-state index contributed by atoms with van der Waals surface area (Å²) in [6.45, 7) is 10.4. The number of hydrogen-bond donors (Lipinski definition) is 0. The van der Waals surface area contributed by atoms with Crippen molar-refractivity contribution in [1.82, 2.24) is 14.9 Å². The van der Waals surface area contributed by atoms with Gasteiger partial charge in [0.25, 0.3) is 0 Å². The first-order valence-corrected chi connectivity index (χ1v) is 10.4. The van der Waals surface area contributed by atoms with Gasteiger partial charge in [0.1, 0.15) is 5.88 Å². The van der Waals surface area contributed by atoms with Gasteiger partial charge in [-0.3, -0.25) is 4.79 Å². The molecule has 1 amide bonds. The van der Waals surface area contributed by atoms with Crippen LogP contribution in [0.5, 0.6) is 0 Å². The maximum atomic E-state index is 11.9. The van der Waals surface area contributed by atoms with E-state index in [1.807, 2.05) is 44.5 Å². The third-order valence-corrected chi connectivity index (χ3v) is 6.27. The fourth-order valence-electron chi connectivity index (χ4n) is 3.62. The summed E-state index contributed by atoms with van der Waals surface area (Å²) in [7, 11) is 1.52. The predicted molar refractivity (Wildman–Crippen MR) is 111 cm³/mol. The molecule has 2 aliphatic heterocycles. The summed E-state index contributed by atoms with van der Waals surface area (Å²) < 4.78 is 12.1. The maximum absolute atomic E-state index is 11.9. The van der Waals surface area contributed by atoms with E-state index < -0.39 is 7.12 Å². The highest BCUT2D eigenvalue weighted by atomic mass is 35.5. The van der Waals surface area contributed by atoms with Crippen LogP contribution in [0.4, 0.5) is 5.95 Å². The van der Waals surface area contributed by atoms with Crippen LogP contribution in [0.15, 0.2) is 12.4 Å². The predicted octanol–water partition coefficient (Wildman–Crippen LogP) is 1.69. The van der Waals surface area contributed by atoms with Gasteiger partial charge in [0, 0.05) is 44.5 Å². The van der Waals surface area contributed by atoms with Crippen molar-refractivity contribution in [3.8, 4) is 0 Å². The minimum Gasteiger partial charge on any atom is -0.399 e. The van der Waals surface area contributed by atoms with Crippen molar-refractivity contribution in [2.24, 2.45) is 5.92 Å². The summed E-state index contributed by atoms with van der Waals surface area (Å²) in [5, 5.41) is 0. The number of likely N-dealkylation sites (tertiary alicyclic amines) is 1. The molecule has 3 rings (SSSR count). The number of hydrogen-bond acceptors (Lipinski definition) is 6. The second-order valence-corrected chi connectivity index (χ2v) is 9.03. The van der Waals surface area contributed by atoms with Gasteiger partial charge < -0.3 is 19.1 Å². The van der Waals surface area contributed by atoms with E-state index in [2.05, 4.69) is 9.97 Å². The molecule has 7 nitrogen and oxygen atoms in total. The van der Waals surface area contributed by atoms with Crippen LogP contribution in [0.3, 0.4) is 0 Å². The average Bonchev–Trinajstić information content (AvgIpc) is 2.88. The Kier molecular flexibility index (Phi) is 6.22. The zero-order valence-electron chi connectivity index (χ0n) is 17.4. The third-order valence-electron chi connectivity index (χ3n) is 6.04. The molecular formula is C19H30BClN4O3. The van der Waals surface area contributed by atoms with Crippen molar-refractivity contribution in [3.63, 3.8) is 0 Å². The van der Waals surface area contributed by atoms with Crippen LogP contribution in [0, 0.1) is 5.92 Å². The number of nitrogens with zero attached hydrogens (tertiary/aromatic N) is 4. The van der Waals surface area contributed by atoms with Crippen molar-refractivity contribution >= 4 is 36.0 Å². The first-order valence-electron chi connectivity index (χ1n) is 9.85. The Bertz CT molecular complexity index is 685. The summed E-state index contributed by atoms with van der Waals surface area (Å²) in [6, 6.07) is 0. The standard InChI is InChI=1S/C19H30BClN4O3/c1-18(2)19(3,4)28-20(27-18)15-10-22-17(23-11-15)24(5)12-14-7-6-8-25(13-14)16(26)9-21/h10-11,14H,6-9,12-13H2,1-5H3/t14-/m1/s1. The molecule has 0 aromatic carbocycles. The first kappa shape index (κ1) is 21.3. The van der Waals surface area contributed by atoms with Crippen molar-refractivity contribution in [1.29, 1.82) is 0 Å². The van der Waals surface area contributed by atoms with E-state index in [0.29, 0.717) is 11.9 Å². The van der Waals surface area contributed by atoms with Crippen LogP contribution in [-0.2, 0) is 14.1 Å². The van der Waals surface area contributed by atoms with Gasteiger partial charge in [-0.2, -0.15) is 0 Å². The molecule has 0 aliphatic carbocycles. The van der Waals surface area contributed by atoms with E-state index >= 15 is 0 Å². The molecule has 1 aromatic heterocycles. The highest BCUT2D eigenvalue weighted by molar-refractivity contribution is 6.61. The van der Waals surface area contributed by atoms with Crippen LogP contribution in [0.25, 0.3) is 0 Å². The summed E-state index contributed by atoms with van der Waals surface area (Å²) in [5.41, 5.74) is 0.0355. The van der Waals surface area contributed by atoms with Crippen LogP contribution < -0.4 is 10.4 Å². The maximum Gasteiger partial charge on any atom is 0.498 e. The fourth-order valence-corrected chi connectivity index (χ4v) is 3.79. The molecule has 1 atom stereocenters. The van der Waals surface area contributed by atoms with Crippen molar-refractivity contribution in [2.45, 2.75) is 51.7 Å². The Hall–Kier alpha value is -1.38. The van der Waals surface area contributed by atoms with Crippen LogP contribution in [-0.4, -0.2) is 71.7 Å². The lowest BCUT2D eigenvalue weighted by atomic mass is 9.81. The van der Waals surface area contributed by atoms with Gasteiger partial charge in [-0.1, -0.05) is 0 Å². The minimum absolute atomic E-state index is 0.0111. The molecule has 2 fully saturated rings. The number of rotatable bonds is 5. The van der Waals surface area contributed by atoms with Crippen LogP contribution in [0.1, 0.15) is 40.5 Å². The normalized spacial score (nSPS) is 23.7. The van der Waals surface area contributed by atoms with Crippen LogP contribution in [0.2, 0.25) is 0 Å². The Morgan fingerprint density at radius 3 is 2.46 bits per heavy atom. The van der Waals surface area contributed by atoms with Gasteiger partial charge in [-0.05, 0) is 46.5 Å². The number of carbonyl (C=O) groups is 1. The molecule has 28 heavy (non-hydrogen) atoms. The van der Waals surface area contributed by atoms with E-state index in [-0.39, 0.29) is 23.0 Å². The monoisotopic (exact) mass is 408 g/mol. The lowest BCUT2D eigenvalue weighted by Gasteiger charge is -2.34. The van der Waals surface area contributed by atoms with Gasteiger partial charge in [0.05, 0.1) is 11.2 Å². The second kappa shape index (κ2) is 8.16. The Balaban J connectivity index is 1.60. The Morgan fingerprint density at radius 2 is 1.89 bits per heavy atom. The highest BCUT2D eigenvalue weighted by Crippen LogP contribution is 2.36. The molecule has 3 heterocycles. The Morgan fingerprint density at radius 1 is 1.29 bits per heavy atom. The molecule has 2 aliphatic rings. The molecule has 1 aromatic rings. The molecule has 0 saturated carbocycles. The van der Waals surface area contributed by atoms with Gasteiger partial charge >= 0.3 is 7.12 Å². The van der Waals surface area contributed by atoms with E-state index in [9.17, 15) is 4.79 Å². The first-order chi connectivity index (χ1) is 13.1. The molecule has 0 spiro atoms. The minimum atomic E-state index is -0.460. The van der Waals surface area contributed by atoms with Gasteiger partial charge in [-0.25, -0.2) is 9.97 Å². The number of halogens is 1. The highest BCUT2D eigenvalue weighted by Gasteiger charge is 2.52. The number of carbonyl (C=O) groups excluding carboxylic acids is 1. The summed E-state index contributed by atoms with van der Waals surface area (Å²) in [6.07, 6.45) is 5.63. The van der Waals surface area contributed by atoms with Gasteiger partial charge in [-0.15, -0.1) is 11.6 Å². The molecular weight excluding hydrogens is 378 g/mol. The van der Waals surface area contributed by atoms with Crippen LogP contribution >= 0.6 is 11.6 Å². The third kappa shape index (κ3) is 4.44. The average molecular weight is 409 g/mol.